The molecule has 2 rings (SSSR count). The summed E-state index contributed by atoms with van der Waals surface area (Å²) < 4.78 is 22.5. The molecule has 0 radical (unpaired) electrons. The van der Waals surface area contributed by atoms with Gasteiger partial charge >= 0.3 is 0 Å². The number of thiophene rings is 1. The molecule has 0 bridgehead atoms. The lowest BCUT2D eigenvalue weighted by Crippen LogP contribution is -2.31. The Hall–Kier alpha value is -1.26. The number of hydrogen-bond donors (Lipinski definition) is 2. The van der Waals surface area contributed by atoms with Crippen molar-refractivity contribution in [2.24, 2.45) is 0 Å². The topological polar surface area (TPSA) is 96.0 Å². The van der Waals surface area contributed by atoms with E-state index in [-0.39, 0.29) is 17.5 Å². The van der Waals surface area contributed by atoms with E-state index >= 15 is 0 Å². The van der Waals surface area contributed by atoms with Crippen molar-refractivity contribution in [3.63, 3.8) is 0 Å². The summed E-state index contributed by atoms with van der Waals surface area (Å²) in [4.78, 5) is 0.496. The van der Waals surface area contributed by atoms with Gasteiger partial charge in [0, 0.05) is 6.04 Å². The van der Waals surface area contributed by atoms with Crippen LogP contribution in [0.25, 0.3) is 0 Å². The summed E-state index contributed by atoms with van der Waals surface area (Å²) in [5, 5.41) is 12.9. The molecule has 0 aliphatic carbocycles. The van der Waals surface area contributed by atoms with Gasteiger partial charge in [0.15, 0.2) is 0 Å². The Labute approximate surface area is 104 Å². The molecule has 1 aliphatic heterocycles. The number of nitriles is 1. The van der Waals surface area contributed by atoms with E-state index in [1.165, 1.54) is 11.3 Å². The number of rotatable bonds is 2. The number of nitrogens with zero attached hydrogens (tertiary/aromatic N) is 1. The second kappa shape index (κ2) is 4.55. The van der Waals surface area contributed by atoms with Crippen molar-refractivity contribution in [1.29, 1.82) is 5.26 Å². The van der Waals surface area contributed by atoms with Crippen molar-refractivity contribution in [2.75, 3.05) is 22.6 Å². The molecule has 2 heterocycles. The fraction of sp³-hybridized carbons (Fsp3) is 0.500. The molecule has 1 aromatic heterocycles. The molecule has 5 nitrogen and oxygen atoms in total. The molecule has 1 aromatic rings. The predicted octanol–water partition coefficient (Wildman–Crippen LogP) is 1.19. The Kier molecular flexibility index (Phi) is 3.26. The summed E-state index contributed by atoms with van der Waals surface area (Å²) >= 11 is 1.31. The van der Waals surface area contributed by atoms with Crippen LogP contribution in [0.3, 0.4) is 0 Å². The largest absolute Gasteiger partial charge is 0.397 e. The lowest BCUT2D eigenvalue weighted by atomic mass is 10.1. The maximum atomic E-state index is 11.3. The van der Waals surface area contributed by atoms with Crippen molar-refractivity contribution >= 4 is 31.9 Å². The molecule has 1 fully saturated rings. The number of anilines is 2. The van der Waals surface area contributed by atoms with E-state index in [0.29, 0.717) is 23.4 Å². The van der Waals surface area contributed by atoms with E-state index in [9.17, 15) is 8.42 Å². The zero-order valence-electron chi connectivity index (χ0n) is 9.14. The molecular formula is C10H13N3O2S2. The summed E-state index contributed by atoms with van der Waals surface area (Å²) in [5.41, 5.74) is 6.13. The van der Waals surface area contributed by atoms with Gasteiger partial charge in [-0.1, -0.05) is 0 Å². The van der Waals surface area contributed by atoms with Crippen LogP contribution in [0.2, 0.25) is 0 Å². The molecule has 7 heteroatoms. The zero-order chi connectivity index (χ0) is 12.5. The molecule has 1 saturated heterocycles. The van der Waals surface area contributed by atoms with Gasteiger partial charge in [-0.15, -0.1) is 11.3 Å². The monoisotopic (exact) mass is 271 g/mol. The molecule has 0 aromatic carbocycles. The maximum Gasteiger partial charge on any atom is 0.150 e. The lowest BCUT2D eigenvalue weighted by molar-refractivity contribution is 0.560. The fourth-order valence-electron chi connectivity index (χ4n) is 1.80. The summed E-state index contributed by atoms with van der Waals surface area (Å²) in [7, 11) is -2.83. The number of sulfone groups is 1. The maximum absolute atomic E-state index is 11.3. The number of nitrogen functional groups attached to an aromatic ring is 1. The minimum absolute atomic E-state index is 0.156. The van der Waals surface area contributed by atoms with Gasteiger partial charge in [0.2, 0.25) is 0 Å². The minimum atomic E-state index is -2.83. The van der Waals surface area contributed by atoms with Gasteiger partial charge in [-0.3, -0.25) is 0 Å². The van der Waals surface area contributed by atoms with Gasteiger partial charge in [0.25, 0.3) is 0 Å². The van der Waals surface area contributed by atoms with Gasteiger partial charge in [-0.2, -0.15) is 5.26 Å². The van der Waals surface area contributed by atoms with Crippen LogP contribution in [0.15, 0.2) is 6.07 Å². The summed E-state index contributed by atoms with van der Waals surface area (Å²) in [6.07, 6.45) is 1.23. The second-order valence-electron chi connectivity index (χ2n) is 4.08. The van der Waals surface area contributed by atoms with Crippen LogP contribution >= 0.6 is 11.3 Å². The Balaban J connectivity index is 2.00. The molecule has 0 saturated carbocycles. The molecule has 0 unspecified atom stereocenters. The van der Waals surface area contributed by atoms with Crippen molar-refractivity contribution in [2.45, 2.75) is 18.9 Å². The van der Waals surface area contributed by atoms with Crippen molar-refractivity contribution in [1.82, 2.24) is 0 Å². The highest BCUT2D eigenvalue weighted by molar-refractivity contribution is 7.91. The SMILES string of the molecule is N#Cc1sc(NC2CCS(=O)(=O)CC2)cc1N. The first-order valence-corrected chi connectivity index (χ1v) is 7.90. The Morgan fingerprint density at radius 3 is 2.65 bits per heavy atom. The third-order valence-corrected chi connectivity index (χ3v) is 5.47. The second-order valence-corrected chi connectivity index (χ2v) is 7.43. The van der Waals surface area contributed by atoms with E-state index in [2.05, 4.69) is 5.32 Å². The zero-order valence-corrected chi connectivity index (χ0v) is 10.8. The Morgan fingerprint density at radius 1 is 1.47 bits per heavy atom. The van der Waals surface area contributed by atoms with E-state index in [1.54, 1.807) is 6.07 Å². The van der Waals surface area contributed by atoms with Gasteiger partial charge in [-0.25, -0.2) is 8.42 Å². The van der Waals surface area contributed by atoms with E-state index in [4.69, 9.17) is 11.0 Å². The summed E-state index contributed by atoms with van der Waals surface area (Å²) in [5.74, 6) is 0.466. The van der Waals surface area contributed by atoms with Gasteiger partial charge in [0.1, 0.15) is 20.8 Å². The molecule has 0 amide bonds. The van der Waals surface area contributed by atoms with Gasteiger partial charge in [0.05, 0.1) is 22.2 Å². The molecule has 1 aliphatic rings. The molecule has 3 N–H and O–H groups in total. The average Bonchev–Trinajstić information content (AvgIpc) is 2.62. The standard InChI is InChI=1S/C10H13N3O2S2/c11-6-9-8(12)5-10(16-9)13-7-1-3-17(14,15)4-2-7/h5,7,13H,1-4,12H2. The first-order chi connectivity index (χ1) is 8.00. The smallest absolute Gasteiger partial charge is 0.150 e. The Bertz CT molecular complexity index is 543. The third kappa shape index (κ3) is 2.90. The van der Waals surface area contributed by atoms with E-state index in [1.807, 2.05) is 6.07 Å². The van der Waals surface area contributed by atoms with Crippen LogP contribution in [-0.2, 0) is 9.84 Å². The summed E-state index contributed by atoms with van der Waals surface area (Å²) in [6.45, 7) is 0. The van der Waals surface area contributed by atoms with Crippen molar-refractivity contribution < 1.29 is 8.42 Å². The van der Waals surface area contributed by atoms with Gasteiger partial charge in [-0.05, 0) is 18.9 Å². The number of hydrogen-bond acceptors (Lipinski definition) is 6. The first-order valence-electron chi connectivity index (χ1n) is 5.26. The van der Waals surface area contributed by atoms with Crippen LogP contribution in [0.4, 0.5) is 10.7 Å². The highest BCUT2D eigenvalue weighted by Crippen LogP contribution is 2.30. The summed E-state index contributed by atoms with van der Waals surface area (Å²) in [6, 6.07) is 3.91. The highest BCUT2D eigenvalue weighted by Gasteiger charge is 2.23. The van der Waals surface area contributed by atoms with Crippen LogP contribution < -0.4 is 11.1 Å². The third-order valence-electron chi connectivity index (χ3n) is 2.76. The molecule has 0 spiro atoms. The van der Waals surface area contributed by atoms with Crippen LogP contribution in [0.1, 0.15) is 17.7 Å². The first kappa shape index (κ1) is 12.2. The number of nitrogens with two attached hydrogens (primary N) is 1. The number of nitrogens with one attached hydrogen (secondary N) is 1. The van der Waals surface area contributed by atoms with E-state index in [0.717, 1.165) is 5.00 Å². The quantitative estimate of drug-likeness (QED) is 0.842. The average molecular weight is 271 g/mol. The minimum Gasteiger partial charge on any atom is -0.397 e. The normalized spacial score (nSPS) is 19.7. The Morgan fingerprint density at radius 2 is 2.12 bits per heavy atom. The molecule has 92 valence electrons. The van der Waals surface area contributed by atoms with E-state index < -0.39 is 9.84 Å². The lowest BCUT2D eigenvalue weighted by Gasteiger charge is -2.23. The van der Waals surface area contributed by atoms with Crippen molar-refractivity contribution in [3.8, 4) is 6.07 Å². The van der Waals surface area contributed by atoms with Crippen molar-refractivity contribution in [3.05, 3.63) is 10.9 Å². The van der Waals surface area contributed by atoms with Crippen LogP contribution in [-0.4, -0.2) is 26.0 Å². The molecule has 17 heavy (non-hydrogen) atoms. The fourth-order valence-corrected chi connectivity index (χ4v) is 4.14. The molecule has 0 atom stereocenters. The molecular weight excluding hydrogens is 258 g/mol. The highest BCUT2D eigenvalue weighted by atomic mass is 32.2. The van der Waals surface area contributed by atoms with Crippen LogP contribution in [0, 0.1) is 11.3 Å². The predicted molar refractivity (Wildman–Crippen MR) is 68.7 cm³/mol. The van der Waals surface area contributed by atoms with Crippen LogP contribution in [0.5, 0.6) is 0 Å². The van der Waals surface area contributed by atoms with Gasteiger partial charge < -0.3 is 11.1 Å².